The minimum Gasteiger partial charge on any atom is -0.390 e. The van der Waals surface area contributed by atoms with Crippen molar-refractivity contribution >= 4 is 17.7 Å². The van der Waals surface area contributed by atoms with Crippen molar-refractivity contribution in [3.8, 4) is 0 Å². The lowest BCUT2D eigenvalue weighted by atomic mass is 10.2. The summed E-state index contributed by atoms with van der Waals surface area (Å²) in [7, 11) is 0. The minimum atomic E-state index is -0.604. The molecule has 0 aliphatic rings. The lowest BCUT2D eigenvalue weighted by molar-refractivity contribution is -0.394. The third-order valence-corrected chi connectivity index (χ3v) is 2.93. The van der Waals surface area contributed by atoms with Gasteiger partial charge in [0, 0.05) is 9.99 Å². The fourth-order valence-electron chi connectivity index (χ4n) is 1.36. The number of thioether (sulfide) groups is 1. The predicted molar refractivity (Wildman–Crippen MR) is 64.0 cm³/mol. The molecule has 0 bridgehead atoms. The van der Waals surface area contributed by atoms with Gasteiger partial charge in [0.15, 0.2) is 0 Å². The molecule has 6 nitrogen and oxygen atoms in total. The van der Waals surface area contributed by atoms with Crippen LogP contribution < -0.4 is 0 Å². The quantitative estimate of drug-likeness (QED) is 0.471. The largest absolute Gasteiger partial charge is 0.490 e. The molecule has 2 aromatic rings. The molecular weight excluding hydrogens is 240 g/mol. The van der Waals surface area contributed by atoms with Crippen molar-refractivity contribution in [3.05, 3.63) is 46.3 Å². The minimum absolute atomic E-state index is 0.370. The van der Waals surface area contributed by atoms with Gasteiger partial charge in [-0.25, -0.2) is 0 Å². The fraction of sp³-hybridized carbons (Fsp3) is 0.200. The van der Waals surface area contributed by atoms with E-state index in [2.05, 4.69) is 10.1 Å². The normalized spacial score (nSPS) is 10.4. The number of hydrogen-bond acceptors (Lipinski definition) is 5. The lowest BCUT2D eigenvalue weighted by Gasteiger charge is -1.99. The summed E-state index contributed by atoms with van der Waals surface area (Å²) < 4.78 is 1.45. The van der Waals surface area contributed by atoms with Gasteiger partial charge in [-0.05, 0) is 28.9 Å². The van der Waals surface area contributed by atoms with E-state index in [1.807, 2.05) is 30.5 Å². The van der Waals surface area contributed by atoms with Crippen molar-refractivity contribution in [1.82, 2.24) is 14.8 Å². The van der Waals surface area contributed by atoms with Crippen LogP contribution in [-0.4, -0.2) is 25.9 Å². The van der Waals surface area contributed by atoms with Crippen molar-refractivity contribution in [2.75, 3.05) is 6.26 Å². The molecule has 0 spiro atoms. The second kappa shape index (κ2) is 4.96. The Balaban J connectivity index is 2.11. The van der Waals surface area contributed by atoms with Gasteiger partial charge in [0.05, 0.1) is 6.54 Å². The van der Waals surface area contributed by atoms with E-state index in [1.54, 1.807) is 11.8 Å². The average molecular weight is 250 g/mol. The molecule has 1 heterocycles. The second-order valence-electron chi connectivity index (χ2n) is 3.35. The predicted octanol–water partition coefficient (Wildman–Crippen LogP) is 1.96. The van der Waals surface area contributed by atoms with Crippen molar-refractivity contribution in [3.63, 3.8) is 0 Å². The first-order valence-electron chi connectivity index (χ1n) is 4.86. The second-order valence-corrected chi connectivity index (χ2v) is 4.23. The van der Waals surface area contributed by atoms with Gasteiger partial charge in [0.2, 0.25) is 6.33 Å². The van der Waals surface area contributed by atoms with Gasteiger partial charge >= 0.3 is 5.95 Å². The standard InChI is InChI=1S/C10H10N4O2S/c1-17-9-4-2-8(3-5-9)6-13-7-11-10(12-13)14(15)16/h2-5,7H,6H2,1H3. The molecule has 7 heteroatoms. The van der Waals surface area contributed by atoms with Gasteiger partial charge in [0.25, 0.3) is 0 Å². The van der Waals surface area contributed by atoms with Gasteiger partial charge in [0.1, 0.15) is 0 Å². The Labute approximate surface area is 102 Å². The molecule has 0 saturated heterocycles. The van der Waals surface area contributed by atoms with Crippen LogP contribution in [-0.2, 0) is 6.54 Å². The molecule has 0 unspecified atom stereocenters. The Hall–Kier alpha value is -1.89. The van der Waals surface area contributed by atoms with E-state index in [4.69, 9.17) is 0 Å². The van der Waals surface area contributed by atoms with E-state index < -0.39 is 4.92 Å². The van der Waals surface area contributed by atoms with Crippen molar-refractivity contribution in [1.29, 1.82) is 0 Å². The van der Waals surface area contributed by atoms with Gasteiger partial charge < -0.3 is 10.1 Å². The lowest BCUT2D eigenvalue weighted by Crippen LogP contribution is -2.01. The maximum Gasteiger partial charge on any atom is 0.490 e. The van der Waals surface area contributed by atoms with Gasteiger partial charge in [-0.2, -0.15) is 4.68 Å². The van der Waals surface area contributed by atoms with Crippen LogP contribution in [0, 0.1) is 10.1 Å². The number of nitro groups is 1. The highest BCUT2D eigenvalue weighted by Gasteiger charge is 2.12. The number of nitrogens with zero attached hydrogens (tertiary/aromatic N) is 4. The van der Waals surface area contributed by atoms with Crippen LogP contribution in [0.1, 0.15) is 5.56 Å². The zero-order valence-corrected chi connectivity index (χ0v) is 9.92. The molecule has 2 rings (SSSR count). The fourth-order valence-corrected chi connectivity index (χ4v) is 1.77. The van der Waals surface area contributed by atoms with Crippen LogP contribution >= 0.6 is 11.8 Å². The molecule has 1 aromatic carbocycles. The van der Waals surface area contributed by atoms with Crippen LogP contribution in [0.2, 0.25) is 0 Å². The highest BCUT2D eigenvalue weighted by Crippen LogP contribution is 2.15. The van der Waals surface area contributed by atoms with Crippen LogP contribution in [0.4, 0.5) is 5.95 Å². The van der Waals surface area contributed by atoms with E-state index in [0.29, 0.717) is 6.54 Å². The zero-order valence-electron chi connectivity index (χ0n) is 9.11. The monoisotopic (exact) mass is 250 g/mol. The Morgan fingerprint density at radius 3 is 2.65 bits per heavy atom. The third-order valence-electron chi connectivity index (χ3n) is 2.19. The summed E-state index contributed by atoms with van der Waals surface area (Å²) in [5, 5.41) is 14.2. The molecule has 17 heavy (non-hydrogen) atoms. The Morgan fingerprint density at radius 1 is 1.41 bits per heavy atom. The van der Waals surface area contributed by atoms with Gasteiger partial charge in [-0.1, -0.05) is 17.1 Å². The molecular formula is C10H10N4O2S. The van der Waals surface area contributed by atoms with Crippen LogP contribution in [0.5, 0.6) is 0 Å². The summed E-state index contributed by atoms with van der Waals surface area (Å²) in [6.07, 6.45) is 3.37. The summed E-state index contributed by atoms with van der Waals surface area (Å²) in [6, 6.07) is 7.95. The summed E-state index contributed by atoms with van der Waals surface area (Å²) in [5.74, 6) is -0.370. The topological polar surface area (TPSA) is 73.8 Å². The first-order chi connectivity index (χ1) is 8.19. The molecule has 0 radical (unpaired) electrons. The molecule has 1 aromatic heterocycles. The summed E-state index contributed by atoms with van der Waals surface area (Å²) in [4.78, 5) is 14.6. The maximum absolute atomic E-state index is 10.4. The van der Waals surface area contributed by atoms with E-state index >= 15 is 0 Å². The molecule has 0 N–H and O–H groups in total. The SMILES string of the molecule is CSc1ccc(Cn2cnc([N+](=O)[O-])n2)cc1. The molecule has 0 aliphatic heterocycles. The molecule has 0 fully saturated rings. The average Bonchev–Trinajstić information content (AvgIpc) is 2.79. The van der Waals surface area contributed by atoms with E-state index in [1.165, 1.54) is 15.9 Å². The van der Waals surface area contributed by atoms with Crippen molar-refractivity contribution in [2.24, 2.45) is 0 Å². The smallest absolute Gasteiger partial charge is 0.390 e. The van der Waals surface area contributed by atoms with Crippen molar-refractivity contribution in [2.45, 2.75) is 11.4 Å². The van der Waals surface area contributed by atoms with Crippen LogP contribution in [0.15, 0.2) is 35.5 Å². The van der Waals surface area contributed by atoms with Crippen LogP contribution in [0.3, 0.4) is 0 Å². The Morgan fingerprint density at radius 2 is 2.12 bits per heavy atom. The first-order valence-corrected chi connectivity index (χ1v) is 6.08. The Kier molecular flexibility index (Phi) is 3.38. The van der Waals surface area contributed by atoms with Gasteiger partial charge in [-0.3, -0.25) is 0 Å². The molecule has 0 saturated carbocycles. The molecule has 0 aliphatic carbocycles. The van der Waals surface area contributed by atoms with Crippen LogP contribution in [0.25, 0.3) is 0 Å². The van der Waals surface area contributed by atoms with E-state index in [-0.39, 0.29) is 5.95 Å². The Bertz CT molecular complexity index is 523. The highest BCUT2D eigenvalue weighted by molar-refractivity contribution is 7.98. The van der Waals surface area contributed by atoms with Crippen molar-refractivity contribution < 1.29 is 4.92 Å². The molecule has 0 atom stereocenters. The number of benzene rings is 1. The summed E-state index contributed by atoms with van der Waals surface area (Å²) >= 11 is 1.67. The molecule has 0 amide bonds. The van der Waals surface area contributed by atoms with Gasteiger partial charge in [-0.15, -0.1) is 11.8 Å². The summed E-state index contributed by atoms with van der Waals surface area (Å²) in [6.45, 7) is 0.482. The number of hydrogen-bond donors (Lipinski definition) is 0. The number of aromatic nitrogens is 3. The highest BCUT2D eigenvalue weighted by atomic mass is 32.2. The summed E-state index contributed by atoms with van der Waals surface area (Å²) in [5.41, 5.74) is 1.03. The zero-order chi connectivity index (χ0) is 12.3. The first kappa shape index (κ1) is 11.6. The van der Waals surface area contributed by atoms with E-state index in [0.717, 1.165) is 5.56 Å². The molecule has 88 valence electrons. The maximum atomic E-state index is 10.4. The van der Waals surface area contributed by atoms with E-state index in [9.17, 15) is 10.1 Å². The third kappa shape index (κ3) is 2.82. The number of rotatable bonds is 4.